The zero-order valence-electron chi connectivity index (χ0n) is 6.66. The number of hydrogen-bond donors (Lipinski definition) is 2. The Kier molecular flexibility index (Phi) is 1.95. The quantitative estimate of drug-likeness (QED) is 0.680. The molecule has 0 saturated heterocycles. The van der Waals surface area contributed by atoms with Crippen LogP contribution in [0.5, 0.6) is 0 Å². The Balaban J connectivity index is 1.93. The van der Waals surface area contributed by atoms with Crippen molar-refractivity contribution >= 4 is 5.95 Å². The summed E-state index contributed by atoms with van der Waals surface area (Å²) in [5, 5.41) is 15.0. The smallest absolute Gasteiger partial charge is 0.263 e. The minimum atomic E-state index is 0.0767. The lowest BCUT2D eigenvalue weighted by Gasteiger charge is -1.93. The van der Waals surface area contributed by atoms with Crippen molar-refractivity contribution in [3.8, 4) is 0 Å². The van der Waals surface area contributed by atoms with Gasteiger partial charge in [-0.3, -0.25) is 0 Å². The number of anilines is 1. The molecule has 2 N–H and O–H groups in total. The third-order valence-corrected chi connectivity index (χ3v) is 1.76. The first-order chi connectivity index (χ1) is 5.90. The van der Waals surface area contributed by atoms with Gasteiger partial charge in [0.2, 0.25) is 5.89 Å². The molecule has 1 aromatic rings. The van der Waals surface area contributed by atoms with Crippen LogP contribution in [-0.4, -0.2) is 28.4 Å². The normalized spacial score (nSPS) is 16.4. The van der Waals surface area contributed by atoms with Crippen molar-refractivity contribution in [1.82, 2.24) is 10.1 Å². The molecule has 0 radical (unpaired) electrons. The molecule has 66 valence electrons. The molecule has 5 nitrogen and oxygen atoms in total. The van der Waals surface area contributed by atoms with Gasteiger partial charge in [-0.15, -0.1) is 0 Å². The maximum absolute atomic E-state index is 8.51. The van der Waals surface area contributed by atoms with Crippen molar-refractivity contribution in [3.05, 3.63) is 5.89 Å². The lowest BCUT2D eigenvalue weighted by atomic mass is 10.4. The molecule has 2 rings (SSSR count). The van der Waals surface area contributed by atoms with Crippen molar-refractivity contribution in [3.63, 3.8) is 0 Å². The van der Waals surface area contributed by atoms with E-state index in [1.54, 1.807) is 0 Å². The molecule has 12 heavy (non-hydrogen) atoms. The molecule has 0 aromatic carbocycles. The van der Waals surface area contributed by atoms with E-state index in [2.05, 4.69) is 15.5 Å². The monoisotopic (exact) mass is 169 g/mol. The van der Waals surface area contributed by atoms with E-state index in [0.717, 1.165) is 18.7 Å². The van der Waals surface area contributed by atoms with Gasteiger partial charge in [-0.05, 0) is 18.0 Å². The first-order valence-electron chi connectivity index (χ1n) is 4.08. The van der Waals surface area contributed by atoms with Gasteiger partial charge >= 0.3 is 0 Å². The predicted octanol–water partition coefficient (Wildman–Crippen LogP) is 0.351. The Morgan fingerprint density at radius 3 is 3.08 bits per heavy atom. The van der Waals surface area contributed by atoms with Gasteiger partial charge in [0.05, 0.1) is 6.61 Å². The maximum atomic E-state index is 8.51. The lowest BCUT2D eigenvalue weighted by molar-refractivity contribution is 0.310. The molecular formula is C7H11N3O2. The number of hydrogen-bond acceptors (Lipinski definition) is 5. The first kappa shape index (κ1) is 7.54. The fourth-order valence-electron chi connectivity index (χ4n) is 0.971. The summed E-state index contributed by atoms with van der Waals surface area (Å²) in [6.07, 6.45) is 2.31. The van der Waals surface area contributed by atoms with Crippen molar-refractivity contribution in [1.29, 1.82) is 0 Å². The number of nitrogens with zero attached hydrogens (tertiary/aromatic N) is 2. The SMILES string of the molecule is OCCNc1noc(C2CC2)n1. The summed E-state index contributed by atoms with van der Waals surface area (Å²) in [6, 6.07) is 0. The summed E-state index contributed by atoms with van der Waals surface area (Å²) in [6.45, 7) is 0.539. The Hall–Kier alpha value is -1.10. The molecule has 0 amide bonds. The summed E-state index contributed by atoms with van der Waals surface area (Å²) >= 11 is 0. The number of aromatic nitrogens is 2. The van der Waals surface area contributed by atoms with Crippen LogP contribution in [0, 0.1) is 0 Å². The molecule has 0 aliphatic heterocycles. The van der Waals surface area contributed by atoms with Gasteiger partial charge < -0.3 is 14.9 Å². The third-order valence-electron chi connectivity index (χ3n) is 1.76. The van der Waals surface area contributed by atoms with Crippen LogP contribution in [0.4, 0.5) is 5.95 Å². The van der Waals surface area contributed by atoms with E-state index in [-0.39, 0.29) is 6.61 Å². The van der Waals surface area contributed by atoms with Crippen LogP contribution in [0.2, 0.25) is 0 Å². The number of rotatable bonds is 4. The van der Waals surface area contributed by atoms with Crippen LogP contribution in [0.15, 0.2) is 4.52 Å². The van der Waals surface area contributed by atoms with Gasteiger partial charge in [0.1, 0.15) is 0 Å². The summed E-state index contributed by atoms with van der Waals surface area (Å²) < 4.78 is 4.98. The van der Waals surface area contributed by atoms with E-state index in [0.29, 0.717) is 18.4 Å². The second-order valence-corrected chi connectivity index (χ2v) is 2.88. The van der Waals surface area contributed by atoms with Gasteiger partial charge in [0, 0.05) is 12.5 Å². The minimum absolute atomic E-state index is 0.0767. The Labute approximate surface area is 69.8 Å². The molecule has 1 saturated carbocycles. The highest BCUT2D eigenvalue weighted by Gasteiger charge is 2.29. The minimum Gasteiger partial charge on any atom is -0.395 e. The zero-order valence-corrected chi connectivity index (χ0v) is 6.66. The molecule has 0 atom stereocenters. The molecular weight excluding hydrogens is 158 g/mol. The summed E-state index contributed by atoms with van der Waals surface area (Å²) in [5.74, 6) is 1.68. The first-order valence-corrected chi connectivity index (χ1v) is 4.08. The fraction of sp³-hybridized carbons (Fsp3) is 0.714. The molecule has 5 heteroatoms. The average Bonchev–Trinajstić information content (AvgIpc) is 2.83. The van der Waals surface area contributed by atoms with Gasteiger partial charge in [-0.1, -0.05) is 0 Å². The standard InChI is InChI=1S/C7H11N3O2/c11-4-3-8-7-9-6(12-10-7)5-1-2-5/h5,11H,1-4H2,(H,8,10). The Morgan fingerprint density at radius 1 is 1.58 bits per heavy atom. The van der Waals surface area contributed by atoms with Crippen molar-refractivity contribution in [2.45, 2.75) is 18.8 Å². The van der Waals surface area contributed by atoms with Gasteiger partial charge in [-0.25, -0.2) is 0 Å². The highest BCUT2D eigenvalue weighted by atomic mass is 16.5. The molecule has 1 aliphatic rings. The molecule has 1 aliphatic carbocycles. The second kappa shape index (κ2) is 3.10. The zero-order chi connectivity index (χ0) is 8.39. The second-order valence-electron chi connectivity index (χ2n) is 2.88. The molecule has 0 unspecified atom stereocenters. The Morgan fingerprint density at radius 2 is 2.42 bits per heavy atom. The van der Waals surface area contributed by atoms with Crippen LogP contribution in [0.3, 0.4) is 0 Å². The Bertz CT molecular complexity index is 257. The topological polar surface area (TPSA) is 71.2 Å². The average molecular weight is 169 g/mol. The van der Waals surface area contributed by atoms with Crippen LogP contribution in [0.1, 0.15) is 24.7 Å². The molecule has 0 bridgehead atoms. The molecule has 1 fully saturated rings. The van der Waals surface area contributed by atoms with E-state index >= 15 is 0 Å². The van der Waals surface area contributed by atoms with Gasteiger partial charge in [0.15, 0.2) is 0 Å². The van der Waals surface area contributed by atoms with E-state index in [4.69, 9.17) is 9.63 Å². The third kappa shape index (κ3) is 1.55. The summed E-state index contributed by atoms with van der Waals surface area (Å²) in [7, 11) is 0. The number of aliphatic hydroxyl groups excluding tert-OH is 1. The van der Waals surface area contributed by atoms with Crippen molar-refractivity contribution < 1.29 is 9.63 Å². The largest absolute Gasteiger partial charge is 0.395 e. The highest BCUT2D eigenvalue weighted by molar-refractivity contribution is 5.22. The van der Waals surface area contributed by atoms with Crippen molar-refractivity contribution in [2.75, 3.05) is 18.5 Å². The van der Waals surface area contributed by atoms with Crippen LogP contribution in [0.25, 0.3) is 0 Å². The van der Waals surface area contributed by atoms with Crippen molar-refractivity contribution in [2.24, 2.45) is 0 Å². The predicted molar refractivity (Wildman–Crippen MR) is 41.8 cm³/mol. The van der Waals surface area contributed by atoms with E-state index in [9.17, 15) is 0 Å². The van der Waals surface area contributed by atoms with E-state index in [1.165, 1.54) is 0 Å². The molecule has 1 aromatic heterocycles. The number of aliphatic hydroxyl groups is 1. The van der Waals surface area contributed by atoms with E-state index in [1.807, 2.05) is 0 Å². The molecule has 1 heterocycles. The van der Waals surface area contributed by atoms with Gasteiger partial charge in [0.25, 0.3) is 5.95 Å². The number of nitrogens with one attached hydrogen (secondary N) is 1. The van der Waals surface area contributed by atoms with Gasteiger partial charge in [-0.2, -0.15) is 4.98 Å². The summed E-state index contributed by atoms with van der Waals surface area (Å²) in [4.78, 5) is 4.11. The highest BCUT2D eigenvalue weighted by Crippen LogP contribution is 2.39. The van der Waals surface area contributed by atoms with Crippen LogP contribution in [-0.2, 0) is 0 Å². The lowest BCUT2D eigenvalue weighted by Crippen LogP contribution is -2.06. The van der Waals surface area contributed by atoms with E-state index < -0.39 is 0 Å². The molecule has 0 spiro atoms. The summed E-state index contributed by atoms with van der Waals surface area (Å²) in [5.41, 5.74) is 0. The maximum Gasteiger partial charge on any atom is 0.263 e. The van der Waals surface area contributed by atoms with Crippen LogP contribution >= 0.6 is 0 Å². The fourth-order valence-corrected chi connectivity index (χ4v) is 0.971. The van der Waals surface area contributed by atoms with Crippen LogP contribution < -0.4 is 5.32 Å².